The average molecular weight is 193 g/mol. The fraction of sp³-hybridized carbons (Fsp3) is 0.455. The van der Waals surface area contributed by atoms with Gasteiger partial charge in [-0.25, -0.2) is 0 Å². The summed E-state index contributed by atoms with van der Waals surface area (Å²) in [6.45, 7) is 5.95. The van der Waals surface area contributed by atoms with Crippen LogP contribution in [0.3, 0.4) is 0 Å². The first-order valence-electron chi connectivity index (χ1n) is 4.82. The highest BCUT2D eigenvalue weighted by atomic mass is 32.2. The van der Waals surface area contributed by atoms with E-state index in [9.17, 15) is 0 Å². The van der Waals surface area contributed by atoms with E-state index in [2.05, 4.69) is 42.2 Å². The van der Waals surface area contributed by atoms with Crippen molar-refractivity contribution in [1.82, 2.24) is 4.90 Å². The van der Waals surface area contributed by atoms with Crippen LogP contribution in [-0.2, 0) is 0 Å². The van der Waals surface area contributed by atoms with Crippen molar-refractivity contribution in [3.8, 4) is 0 Å². The van der Waals surface area contributed by atoms with Crippen LogP contribution in [0.1, 0.15) is 6.92 Å². The third-order valence-electron chi connectivity index (χ3n) is 2.42. The molecule has 0 saturated carbocycles. The van der Waals surface area contributed by atoms with E-state index in [1.807, 2.05) is 11.8 Å². The summed E-state index contributed by atoms with van der Waals surface area (Å²) in [7, 11) is 0. The molecule has 1 aliphatic heterocycles. The van der Waals surface area contributed by atoms with Gasteiger partial charge in [-0.05, 0) is 18.7 Å². The van der Waals surface area contributed by atoms with E-state index in [1.54, 1.807) is 0 Å². The van der Waals surface area contributed by atoms with Crippen LogP contribution in [-0.4, -0.2) is 29.8 Å². The lowest BCUT2D eigenvalue weighted by Gasteiger charge is -2.37. The minimum Gasteiger partial charge on any atom is -0.301 e. The van der Waals surface area contributed by atoms with Crippen LogP contribution in [0.5, 0.6) is 0 Å². The predicted octanol–water partition coefficient (Wildman–Crippen LogP) is 2.48. The molecule has 0 amide bonds. The zero-order chi connectivity index (χ0) is 9.10. The fourth-order valence-corrected chi connectivity index (χ4v) is 2.82. The molecule has 1 nitrogen and oxygen atoms in total. The highest BCUT2D eigenvalue weighted by Gasteiger charge is 2.25. The lowest BCUT2D eigenvalue weighted by atomic mass is 10.2. The van der Waals surface area contributed by atoms with Crippen molar-refractivity contribution in [3.05, 3.63) is 30.3 Å². The highest BCUT2D eigenvalue weighted by molar-refractivity contribution is 8.00. The highest BCUT2D eigenvalue weighted by Crippen LogP contribution is 2.28. The molecule has 1 aliphatic rings. The standard InChI is InChI=1S/C11H15NS/c1-2-12-8-11(9-12)13-10-6-4-3-5-7-10/h3-7,11H,2,8-9H2,1H3. The SMILES string of the molecule is CCN1CC(Sc2ccccc2)C1. The van der Waals surface area contributed by atoms with Gasteiger partial charge in [-0.2, -0.15) is 0 Å². The van der Waals surface area contributed by atoms with Crippen molar-refractivity contribution >= 4 is 11.8 Å². The molecule has 0 aliphatic carbocycles. The Morgan fingerprint density at radius 1 is 1.31 bits per heavy atom. The molecule has 0 aromatic heterocycles. The molecule has 1 saturated heterocycles. The summed E-state index contributed by atoms with van der Waals surface area (Å²) in [5.74, 6) is 0. The first-order valence-corrected chi connectivity index (χ1v) is 5.70. The van der Waals surface area contributed by atoms with Crippen LogP contribution in [0.4, 0.5) is 0 Å². The predicted molar refractivity (Wildman–Crippen MR) is 58.2 cm³/mol. The van der Waals surface area contributed by atoms with E-state index in [1.165, 1.54) is 24.5 Å². The lowest BCUT2D eigenvalue weighted by Crippen LogP contribution is -2.48. The minimum absolute atomic E-state index is 0.822. The van der Waals surface area contributed by atoms with Crippen molar-refractivity contribution in [2.75, 3.05) is 19.6 Å². The summed E-state index contributed by atoms with van der Waals surface area (Å²) in [6.07, 6.45) is 0. The van der Waals surface area contributed by atoms with Crippen molar-refractivity contribution in [2.45, 2.75) is 17.1 Å². The maximum atomic E-state index is 2.47. The molecule has 1 aromatic carbocycles. The van der Waals surface area contributed by atoms with Crippen LogP contribution in [0, 0.1) is 0 Å². The first kappa shape index (κ1) is 9.10. The number of hydrogen-bond acceptors (Lipinski definition) is 2. The average Bonchev–Trinajstić information content (AvgIpc) is 2.12. The van der Waals surface area contributed by atoms with Crippen LogP contribution in [0.25, 0.3) is 0 Å². The molecule has 0 radical (unpaired) electrons. The van der Waals surface area contributed by atoms with Crippen LogP contribution in [0.2, 0.25) is 0 Å². The molecule has 0 spiro atoms. The Hall–Kier alpha value is -0.470. The normalized spacial score (nSPS) is 18.5. The van der Waals surface area contributed by atoms with Gasteiger partial charge in [0.1, 0.15) is 0 Å². The van der Waals surface area contributed by atoms with Gasteiger partial charge in [0.15, 0.2) is 0 Å². The van der Waals surface area contributed by atoms with Gasteiger partial charge in [-0.1, -0.05) is 25.1 Å². The maximum absolute atomic E-state index is 2.47. The molecule has 0 bridgehead atoms. The van der Waals surface area contributed by atoms with Crippen LogP contribution >= 0.6 is 11.8 Å². The number of likely N-dealkylation sites (tertiary alicyclic amines) is 1. The number of hydrogen-bond donors (Lipinski definition) is 0. The van der Waals surface area contributed by atoms with Crippen LogP contribution < -0.4 is 0 Å². The lowest BCUT2D eigenvalue weighted by molar-refractivity contribution is 0.201. The number of benzene rings is 1. The first-order chi connectivity index (χ1) is 6.38. The fourth-order valence-electron chi connectivity index (χ4n) is 1.55. The molecule has 70 valence electrons. The smallest absolute Gasteiger partial charge is 0.0349 e. The van der Waals surface area contributed by atoms with Crippen molar-refractivity contribution < 1.29 is 0 Å². The molecule has 2 heteroatoms. The summed E-state index contributed by atoms with van der Waals surface area (Å²) in [5.41, 5.74) is 0. The number of nitrogens with zero attached hydrogens (tertiary/aromatic N) is 1. The van der Waals surface area contributed by atoms with Crippen molar-refractivity contribution in [2.24, 2.45) is 0 Å². The Balaban J connectivity index is 1.81. The maximum Gasteiger partial charge on any atom is 0.0349 e. The van der Waals surface area contributed by atoms with E-state index in [0.29, 0.717) is 0 Å². The molecular weight excluding hydrogens is 178 g/mol. The Labute approximate surface area is 84.1 Å². The summed E-state index contributed by atoms with van der Waals surface area (Å²) in [4.78, 5) is 3.88. The van der Waals surface area contributed by atoms with E-state index < -0.39 is 0 Å². The Morgan fingerprint density at radius 3 is 2.62 bits per heavy atom. The van der Waals surface area contributed by atoms with Crippen molar-refractivity contribution in [1.29, 1.82) is 0 Å². The summed E-state index contributed by atoms with van der Waals surface area (Å²) < 4.78 is 0. The van der Waals surface area contributed by atoms with Crippen molar-refractivity contribution in [3.63, 3.8) is 0 Å². The van der Waals surface area contributed by atoms with E-state index in [0.717, 1.165) is 5.25 Å². The molecule has 0 N–H and O–H groups in total. The van der Waals surface area contributed by atoms with Gasteiger partial charge >= 0.3 is 0 Å². The van der Waals surface area contributed by atoms with E-state index in [4.69, 9.17) is 0 Å². The van der Waals surface area contributed by atoms with Gasteiger partial charge in [-0.15, -0.1) is 11.8 Å². The largest absolute Gasteiger partial charge is 0.301 e. The second kappa shape index (κ2) is 4.16. The van der Waals surface area contributed by atoms with Gasteiger partial charge in [0.05, 0.1) is 0 Å². The molecule has 1 heterocycles. The summed E-state index contributed by atoms with van der Waals surface area (Å²) in [5, 5.41) is 0.822. The number of thioether (sulfide) groups is 1. The Bertz CT molecular complexity index is 254. The molecule has 1 fully saturated rings. The second-order valence-corrected chi connectivity index (χ2v) is 4.78. The zero-order valence-electron chi connectivity index (χ0n) is 7.94. The topological polar surface area (TPSA) is 3.24 Å². The van der Waals surface area contributed by atoms with Crippen LogP contribution in [0.15, 0.2) is 35.2 Å². The molecule has 0 unspecified atom stereocenters. The molecular formula is C11H15NS. The zero-order valence-corrected chi connectivity index (χ0v) is 8.76. The molecule has 1 aromatic rings. The van der Waals surface area contributed by atoms with E-state index in [-0.39, 0.29) is 0 Å². The third-order valence-corrected chi connectivity index (χ3v) is 3.59. The summed E-state index contributed by atoms with van der Waals surface area (Å²) >= 11 is 2.01. The summed E-state index contributed by atoms with van der Waals surface area (Å²) in [6, 6.07) is 10.7. The van der Waals surface area contributed by atoms with Gasteiger partial charge in [0.25, 0.3) is 0 Å². The quantitative estimate of drug-likeness (QED) is 0.725. The van der Waals surface area contributed by atoms with Gasteiger partial charge in [0.2, 0.25) is 0 Å². The van der Waals surface area contributed by atoms with Gasteiger partial charge in [0, 0.05) is 23.2 Å². The number of rotatable bonds is 3. The molecule has 0 atom stereocenters. The molecule has 13 heavy (non-hydrogen) atoms. The second-order valence-electron chi connectivity index (χ2n) is 3.41. The molecule has 2 rings (SSSR count). The van der Waals surface area contributed by atoms with Gasteiger partial charge < -0.3 is 4.90 Å². The third kappa shape index (κ3) is 2.26. The monoisotopic (exact) mass is 193 g/mol. The minimum atomic E-state index is 0.822. The Kier molecular flexibility index (Phi) is 2.91. The Morgan fingerprint density at radius 2 is 2.00 bits per heavy atom. The van der Waals surface area contributed by atoms with E-state index >= 15 is 0 Å². The van der Waals surface area contributed by atoms with Gasteiger partial charge in [-0.3, -0.25) is 0 Å².